The summed E-state index contributed by atoms with van der Waals surface area (Å²) in [7, 11) is 0. The highest BCUT2D eigenvalue weighted by atomic mass is 19.1. The van der Waals surface area contributed by atoms with Gasteiger partial charge in [-0.15, -0.1) is 0 Å². The van der Waals surface area contributed by atoms with Gasteiger partial charge in [0.05, 0.1) is 0 Å². The number of rotatable bonds is 4. The molecule has 5 nitrogen and oxygen atoms in total. The van der Waals surface area contributed by atoms with Gasteiger partial charge in [0.2, 0.25) is 0 Å². The minimum absolute atomic E-state index is 0.303. The van der Waals surface area contributed by atoms with Crippen molar-refractivity contribution in [3.8, 4) is 5.82 Å². The third kappa shape index (κ3) is 3.42. The number of halogens is 1. The third-order valence-corrected chi connectivity index (χ3v) is 3.48. The normalized spacial score (nSPS) is 10.5. The molecule has 3 rings (SSSR count). The molecule has 23 heavy (non-hydrogen) atoms. The van der Waals surface area contributed by atoms with E-state index in [-0.39, 0.29) is 5.91 Å². The summed E-state index contributed by atoms with van der Waals surface area (Å²) in [5, 5.41) is 2.80. The fourth-order valence-electron chi connectivity index (χ4n) is 2.22. The van der Waals surface area contributed by atoms with E-state index in [2.05, 4.69) is 15.3 Å². The van der Waals surface area contributed by atoms with E-state index >= 15 is 0 Å². The largest absolute Gasteiger partial charge is 0.348 e. The molecule has 3 aromatic rings. The lowest BCUT2D eigenvalue weighted by Crippen LogP contribution is -2.23. The predicted molar refractivity (Wildman–Crippen MR) is 83.7 cm³/mol. The first-order chi connectivity index (χ1) is 11.1. The molecule has 0 spiro atoms. The van der Waals surface area contributed by atoms with E-state index in [4.69, 9.17) is 0 Å². The van der Waals surface area contributed by atoms with Gasteiger partial charge in [0, 0.05) is 30.7 Å². The lowest BCUT2D eigenvalue weighted by Gasteiger charge is -2.09. The smallest absolute Gasteiger partial charge is 0.251 e. The number of aryl methyl sites for hydroxylation is 1. The van der Waals surface area contributed by atoms with Crippen LogP contribution >= 0.6 is 0 Å². The molecular weight excluding hydrogens is 295 g/mol. The molecule has 0 saturated carbocycles. The summed E-state index contributed by atoms with van der Waals surface area (Å²) < 4.78 is 15.1. The SMILES string of the molecule is Cc1ccc(F)cc1C(=O)NCc1ccnc(-n2ccnc2)c1. The van der Waals surface area contributed by atoms with Crippen molar-refractivity contribution in [2.45, 2.75) is 13.5 Å². The topological polar surface area (TPSA) is 59.8 Å². The number of hydrogen-bond acceptors (Lipinski definition) is 3. The van der Waals surface area contributed by atoms with E-state index in [1.807, 2.05) is 12.1 Å². The number of carbonyl (C=O) groups is 1. The third-order valence-electron chi connectivity index (χ3n) is 3.48. The molecule has 116 valence electrons. The van der Waals surface area contributed by atoms with Crippen LogP contribution in [0.4, 0.5) is 4.39 Å². The maximum absolute atomic E-state index is 13.3. The zero-order valence-electron chi connectivity index (χ0n) is 12.5. The summed E-state index contributed by atoms with van der Waals surface area (Å²) in [4.78, 5) is 20.4. The van der Waals surface area contributed by atoms with Gasteiger partial charge in [-0.1, -0.05) is 6.07 Å². The van der Waals surface area contributed by atoms with Gasteiger partial charge < -0.3 is 5.32 Å². The molecule has 0 bridgehead atoms. The van der Waals surface area contributed by atoms with Crippen LogP contribution in [0.15, 0.2) is 55.2 Å². The van der Waals surface area contributed by atoms with E-state index in [0.29, 0.717) is 12.1 Å². The van der Waals surface area contributed by atoms with Gasteiger partial charge in [0.15, 0.2) is 0 Å². The molecule has 1 N–H and O–H groups in total. The molecule has 0 aliphatic heterocycles. The molecular formula is C17H15FN4O. The molecule has 6 heteroatoms. The lowest BCUT2D eigenvalue weighted by molar-refractivity contribution is 0.0950. The highest BCUT2D eigenvalue weighted by Crippen LogP contribution is 2.11. The van der Waals surface area contributed by atoms with Crippen LogP contribution in [-0.2, 0) is 6.54 Å². The Balaban J connectivity index is 1.72. The van der Waals surface area contributed by atoms with Crippen LogP contribution < -0.4 is 5.32 Å². The molecule has 0 fully saturated rings. The quantitative estimate of drug-likeness (QED) is 0.806. The Bertz CT molecular complexity index is 830. The van der Waals surface area contributed by atoms with Gasteiger partial charge in [0.1, 0.15) is 18.0 Å². The second-order valence-corrected chi connectivity index (χ2v) is 5.13. The molecule has 0 atom stereocenters. The molecule has 2 aromatic heterocycles. The minimum atomic E-state index is -0.424. The van der Waals surface area contributed by atoms with E-state index < -0.39 is 5.82 Å². The summed E-state index contributed by atoms with van der Waals surface area (Å²) >= 11 is 0. The van der Waals surface area contributed by atoms with Crippen molar-refractivity contribution in [2.24, 2.45) is 0 Å². The standard InChI is InChI=1S/C17H15FN4O/c1-12-2-3-14(18)9-15(12)17(23)21-10-13-4-5-20-16(8-13)22-7-6-19-11-22/h2-9,11H,10H2,1H3,(H,21,23). The van der Waals surface area contributed by atoms with Crippen LogP contribution in [0.1, 0.15) is 21.5 Å². The zero-order valence-corrected chi connectivity index (χ0v) is 12.5. The molecule has 0 radical (unpaired) electrons. The second-order valence-electron chi connectivity index (χ2n) is 5.13. The first-order valence-electron chi connectivity index (χ1n) is 7.11. The molecule has 0 saturated heterocycles. The van der Waals surface area contributed by atoms with Gasteiger partial charge in [0.25, 0.3) is 5.91 Å². The van der Waals surface area contributed by atoms with E-state index in [1.54, 1.807) is 42.5 Å². The highest BCUT2D eigenvalue weighted by molar-refractivity contribution is 5.95. The van der Waals surface area contributed by atoms with Gasteiger partial charge >= 0.3 is 0 Å². The Kier molecular flexibility index (Phi) is 4.14. The molecule has 0 aliphatic rings. The maximum atomic E-state index is 13.3. The number of imidazole rings is 1. The first-order valence-corrected chi connectivity index (χ1v) is 7.11. The van der Waals surface area contributed by atoms with Crippen LogP contribution in [0.5, 0.6) is 0 Å². The Morgan fingerprint density at radius 2 is 2.13 bits per heavy atom. The van der Waals surface area contributed by atoms with Gasteiger partial charge in [-0.05, 0) is 42.3 Å². The van der Waals surface area contributed by atoms with Crippen LogP contribution in [-0.4, -0.2) is 20.4 Å². The summed E-state index contributed by atoms with van der Waals surface area (Å²) in [6, 6.07) is 7.86. The number of amides is 1. The van der Waals surface area contributed by atoms with Crippen molar-refractivity contribution < 1.29 is 9.18 Å². The average molecular weight is 310 g/mol. The number of benzene rings is 1. The summed E-state index contributed by atoms with van der Waals surface area (Å²) in [5.74, 6) is -0.00812. The second kappa shape index (κ2) is 6.39. The highest BCUT2D eigenvalue weighted by Gasteiger charge is 2.10. The number of carbonyl (C=O) groups excluding carboxylic acids is 1. The Morgan fingerprint density at radius 3 is 2.91 bits per heavy atom. The Morgan fingerprint density at radius 1 is 1.26 bits per heavy atom. The maximum Gasteiger partial charge on any atom is 0.251 e. The monoisotopic (exact) mass is 310 g/mol. The van der Waals surface area contributed by atoms with E-state index in [0.717, 1.165) is 16.9 Å². The zero-order chi connectivity index (χ0) is 16.2. The van der Waals surface area contributed by atoms with Crippen molar-refractivity contribution in [3.63, 3.8) is 0 Å². The molecule has 0 aliphatic carbocycles. The number of nitrogens with one attached hydrogen (secondary N) is 1. The van der Waals surface area contributed by atoms with Crippen LogP contribution in [0.2, 0.25) is 0 Å². The molecule has 1 aromatic carbocycles. The van der Waals surface area contributed by atoms with Crippen molar-refractivity contribution >= 4 is 5.91 Å². The fourth-order valence-corrected chi connectivity index (χ4v) is 2.22. The number of aromatic nitrogens is 3. The van der Waals surface area contributed by atoms with Crippen molar-refractivity contribution in [3.05, 3.63) is 77.8 Å². The number of nitrogens with zero attached hydrogens (tertiary/aromatic N) is 3. The lowest BCUT2D eigenvalue weighted by atomic mass is 10.1. The van der Waals surface area contributed by atoms with E-state index in [9.17, 15) is 9.18 Å². The van der Waals surface area contributed by atoms with Gasteiger partial charge in [-0.3, -0.25) is 9.36 Å². The van der Waals surface area contributed by atoms with Crippen LogP contribution in [0.3, 0.4) is 0 Å². The molecule has 2 heterocycles. The average Bonchev–Trinajstić information content (AvgIpc) is 3.10. The van der Waals surface area contributed by atoms with Crippen molar-refractivity contribution in [1.29, 1.82) is 0 Å². The Hall–Kier alpha value is -3.02. The Labute approximate surface area is 132 Å². The number of pyridine rings is 1. The summed E-state index contributed by atoms with van der Waals surface area (Å²) in [5.41, 5.74) is 1.97. The first kappa shape index (κ1) is 14.9. The van der Waals surface area contributed by atoms with Gasteiger partial charge in [-0.25, -0.2) is 14.4 Å². The van der Waals surface area contributed by atoms with Crippen LogP contribution in [0, 0.1) is 12.7 Å². The van der Waals surface area contributed by atoms with E-state index in [1.165, 1.54) is 12.1 Å². The molecule has 0 unspecified atom stereocenters. The molecule has 1 amide bonds. The fraction of sp³-hybridized carbons (Fsp3) is 0.118. The summed E-state index contributed by atoms with van der Waals surface area (Å²) in [6.07, 6.45) is 6.79. The predicted octanol–water partition coefficient (Wildman–Crippen LogP) is 2.64. The van der Waals surface area contributed by atoms with Gasteiger partial charge in [-0.2, -0.15) is 0 Å². The summed E-state index contributed by atoms with van der Waals surface area (Å²) in [6.45, 7) is 2.11. The number of hydrogen-bond donors (Lipinski definition) is 1. The van der Waals surface area contributed by atoms with Crippen molar-refractivity contribution in [1.82, 2.24) is 19.9 Å². The van der Waals surface area contributed by atoms with Crippen LogP contribution in [0.25, 0.3) is 5.82 Å². The minimum Gasteiger partial charge on any atom is -0.348 e. The van der Waals surface area contributed by atoms with Crippen molar-refractivity contribution in [2.75, 3.05) is 0 Å².